The van der Waals surface area contributed by atoms with Crippen LogP contribution in [-0.4, -0.2) is 54.3 Å². The van der Waals surface area contributed by atoms with Crippen LogP contribution in [0.1, 0.15) is 0 Å². The van der Waals surface area contributed by atoms with Gasteiger partial charge in [0.05, 0.1) is 12.0 Å². The third-order valence-corrected chi connectivity index (χ3v) is 3.85. The highest BCUT2D eigenvalue weighted by Crippen LogP contribution is 2.10. The van der Waals surface area contributed by atoms with Crippen molar-refractivity contribution in [1.29, 1.82) is 0 Å². The van der Waals surface area contributed by atoms with E-state index in [2.05, 4.69) is 9.97 Å². The Bertz CT molecular complexity index is 1180. The highest BCUT2D eigenvalue weighted by atomic mass is 32.2. The number of rotatable bonds is 4. The summed E-state index contributed by atoms with van der Waals surface area (Å²) in [6, 6.07) is 8.03. The lowest BCUT2D eigenvalue weighted by atomic mass is 10.3. The van der Waals surface area contributed by atoms with Gasteiger partial charge in [-0.25, -0.2) is 14.3 Å². The highest BCUT2D eigenvalue weighted by molar-refractivity contribution is 7.84. The monoisotopic (exact) mass is 399 g/mol. The van der Waals surface area contributed by atoms with Gasteiger partial charge in [0.15, 0.2) is 11.2 Å². The number of aromatic amines is 1. The molecular formula is C13H13N5O8S. The van der Waals surface area contributed by atoms with Crippen LogP contribution in [0, 0.1) is 0 Å². The number of carbonyl (C=O) groups is 1. The lowest BCUT2D eigenvalue weighted by Gasteiger charge is -2.08. The largest absolute Gasteiger partial charge is 0.480 e. The minimum absolute atomic E-state index is 0.0314. The summed E-state index contributed by atoms with van der Waals surface area (Å²) in [7, 11) is -5.04. The Morgan fingerprint density at radius 1 is 1.22 bits per heavy atom. The number of benzene rings is 1. The van der Waals surface area contributed by atoms with Crippen molar-refractivity contribution in [2.75, 3.05) is 6.54 Å². The molecule has 0 aliphatic heterocycles. The normalized spacial score (nSPS) is 11.0. The summed E-state index contributed by atoms with van der Waals surface area (Å²) in [6.07, 6.45) is 1.15. The minimum atomic E-state index is -5.04. The summed E-state index contributed by atoms with van der Waals surface area (Å²) in [5.41, 5.74) is -0.894. The second-order valence-electron chi connectivity index (χ2n) is 4.83. The Morgan fingerprint density at radius 2 is 1.85 bits per heavy atom. The number of carboxylic acid groups (broad SMARTS) is 1. The van der Waals surface area contributed by atoms with Crippen LogP contribution >= 0.6 is 0 Å². The van der Waals surface area contributed by atoms with E-state index >= 15 is 0 Å². The van der Waals surface area contributed by atoms with Gasteiger partial charge < -0.3 is 15.3 Å². The summed E-state index contributed by atoms with van der Waals surface area (Å²) < 4.78 is 32.4. The summed E-state index contributed by atoms with van der Waals surface area (Å²) in [4.78, 5) is 40.0. The van der Waals surface area contributed by atoms with Crippen LogP contribution in [0.15, 0.2) is 46.2 Å². The van der Waals surface area contributed by atoms with Crippen molar-refractivity contribution in [2.24, 2.45) is 0 Å². The van der Waals surface area contributed by atoms with Gasteiger partial charge in [-0.2, -0.15) is 13.9 Å². The third kappa shape index (κ3) is 4.26. The molecule has 2 heterocycles. The molecule has 2 aromatic heterocycles. The lowest BCUT2D eigenvalue weighted by molar-refractivity contribution is -0.137. The van der Waals surface area contributed by atoms with E-state index in [0.717, 1.165) is 10.9 Å². The average molecular weight is 399 g/mol. The van der Waals surface area contributed by atoms with Gasteiger partial charge in [-0.1, -0.05) is 18.2 Å². The second-order valence-corrected chi connectivity index (χ2v) is 6.09. The maximum absolute atomic E-state index is 12.3. The molecule has 0 amide bonds. The molecule has 1 aromatic carbocycles. The van der Waals surface area contributed by atoms with Crippen molar-refractivity contribution < 1.29 is 28.1 Å². The van der Waals surface area contributed by atoms with Gasteiger partial charge in [-0.05, 0) is 12.1 Å². The molecule has 13 nitrogen and oxygen atoms in total. The number of nitrogens with zero attached hydrogens (tertiary/aromatic N) is 3. The molecule has 0 atom stereocenters. The van der Waals surface area contributed by atoms with Crippen LogP contribution in [-0.2, 0) is 15.1 Å². The fraction of sp³-hybridized carbons (Fsp3) is 0.0769. The molecule has 0 aliphatic rings. The van der Waals surface area contributed by atoms with Crippen LogP contribution < -0.4 is 16.7 Å². The van der Waals surface area contributed by atoms with E-state index in [1.54, 1.807) is 18.2 Å². The molecule has 0 unspecified atom stereocenters. The summed E-state index contributed by atoms with van der Waals surface area (Å²) in [5, 5.41) is 15.3. The van der Waals surface area contributed by atoms with Gasteiger partial charge in [0, 0.05) is 0 Å². The first kappa shape index (κ1) is 20.0. The zero-order valence-electron chi connectivity index (χ0n) is 13.3. The topological polar surface area (TPSA) is 197 Å². The zero-order chi connectivity index (χ0) is 20.2. The Morgan fingerprint density at radius 3 is 2.33 bits per heavy atom. The van der Waals surface area contributed by atoms with Crippen LogP contribution in [0.25, 0.3) is 16.9 Å². The van der Waals surface area contributed by atoms with Gasteiger partial charge in [0.1, 0.15) is 6.54 Å². The molecule has 144 valence electrons. The van der Waals surface area contributed by atoms with Crippen molar-refractivity contribution in [3.63, 3.8) is 0 Å². The Labute approximate surface area is 150 Å². The molecule has 3 rings (SSSR count). The number of carboxylic acids is 1. The Kier molecular flexibility index (Phi) is 5.86. The number of H-pyrrole nitrogens is 1. The van der Waals surface area contributed by atoms with E-state index < -0.39 is 34.1 Å². The van der Waals surface area contributed by atoms with Gasteiger partial charge in [-0.15, -0.1) is 3.97 Å². The number of nitrogens with one attached hydrogen (secondary N) is 2. The van der Waals surface area contributed by atoms with E-state index in [9.17, 15) is 22.8 Å². The number of para-hydroxylation sites is 1. The van der Waals surface area contributed by atoms with Crippen molar-refractivity contribution >= 4 is 27.4 Å². The molecule has 0 saturated heterocycles. The summed E-state index contributed by atoms with van der Waals surface area (Å²) in [6.45, 7) is -0.403. The van der Waals surface area contributed by atoms with Gasteiger partial charge in [-0.3, -0.25) is 14.1 Å². The average Bonchev–Trinajstić information content (AvgIpc) is 3.05. The SMILES string of the molecule is O=C(O)CNO.O=c1c2[nH]cnc2n(-c2ccccc2)c(=O)n1S(=O)(=O)O. The van der Waals surface area contributed by atoms with Crippen molar-refractivity contribution in [2.45, 2.75) is 0 Å². The van der Waals surface area contributed by atoms with Crippen LogP contribution in [0.5, 0.6) is 0 Å². The fourth-order valence-electron chi connectivity index (χ4n) is 2.06. The molecule has 0 spiro atoms. The van der Waals surface area contributed by atoms with E-state index in [1.807, 2.05) is 0 Å². The zero-order valence-corrected chi connectivity index (χ0v) is 14.1. The molecule has 0 radical (unpaired) electrons. The number of hydroxylamine groups is 1. The predicted octanol–water partition coefficient (Wildman–Crippen LogP) is -1.42. The quantitative estimate of drug-likeness (QED) is 0.256. The molecule has 14 heteroatoms. The fourth-order valence-corrected chi connectivity index (χ4v) is 2.64. The smallest absolute Gasteiger partial charge is 0.370 e. The Balaban J connectivity index is 0.000000380. The maximum Gasteiger partial charge on any atom is 0.370 e. The van der Waals surface area contributed by atoms with Gasteiger partial charge in [0.2, 0.25) is 0 Å². The van der Waals surface area contributed by atoms with E-state index in [0.29, 0.717) is 5.69 Å². The van der Waals surface area contributed by atoms with Crippen LogP contribution in [0.4, 0.5) is 0 Å². The molecule has 0 bridgehead atoms. The van der Waals surface area contributed by atoms with E-state index in [4.69, 9.17) is 14.9 Å². The number of hydrogen-bond acceptors (Lipinski definition) is 8. The first-order chi connectivity index (χ1) is 12.7. The summed E-state index contributed by atoms with van der Waals surface area (Å²) >= 11 is 0. The van der Waals surface area contributed by atoms with Gasteiger partial charge >= 0.3 is 22.0 Å². The maximum atomic E-state index is 12.3. The summed E-state index contributed by atoms with van der Waals surface area (Å²) in [5.74, 6) is -1.07. The van der Waals surface area contributed by atoms with E-state index in [-0.39, 0.29) is 15.1 Å². The van der Waals surface area contributed by atoms with E-state index in [1.165, 1.54) is 17.6 Å². The molecule has 0 saturated carbocycles. The van der Waals surface area contributed by atoms with Crippen LogP contribution in [0.3, 0.4) is 0 Å². The standard InChI is InChI=1S/C11H8N4O5S.C2H5NO3/c16-10-8-9(13-6-12-8)14(7-4-2-1-3-5-7)11(17)15(10)21(18,19)20;4-2(5)1-3-6/h1-6H,(H,12,13)(H,18,19,20);3,6H,1H2,(H,4,5). The number of aromatic nitrogens is 4. The van der Waals surface area contributed by atoms with Gasteiger partial charge in [0.25, 0.3) is 5.56 Å². The first-order valence-electron chi connectivity index (χ1n) is 7.01. The third-order valence-electron chi connectivity index (χ3n) is 3.07. The molecule has 0 aliphatic carbocycles. The Hall–Kier alpha value is -3.33. The van der Waals surface area contributed by atoms with Crippen molar-refractivity contribution in [3.05, 3.63) is 57.5 Å². The lowest BCUT2D eigenvalue weighted by Crippen LogP contribution is -2.43. The molecular weight excluding hydrogens is 386 g/mol. The first-order valence-corrected chi connectivity index (χ1v) is 8.41. The van der Waals surface area contributed by atoms with Crippen molar-refractivity contribution in [1.82, 2.24) is 24.0 Å². The van der Waals surface area contributed by atoms with Crippen molar-refractivity contribution in [3.8, 4) is 5.69 Å². The molecule has 27 heavy (non-hydrogen) atoms. The second kappa shape index (κ2) is 7.92. The number of fused-ring (bicyclic) bond motifs is 1. The molecule has 3 aromatic rings. The molecule has 5 N–H and O–H groups in total. The molecule has 0 fully saturated rings. The minimum Gasteiger partial charge on any atom is -0.480 e. The van der Waals surface area contributed by atoms with Crippen LogP contribution in [0.2, 0.25) is 0 Å². The number of imidazole rings is 1. The number of hydrogen-bond donors (Lipinski definition) is 5. The predicted molar refractivity (Wildman–Crippen MR) is 90.3 cm³/mol. The number of aliphatic carboxylic acids is 1. The highest BCUT2D eigenvalue weighted by Gasteiger charge is 2.23.